The first-order valence-electron chi connectivity index (χ1n) is 3.96. The van der Waals surface area contributed by atoms with Gasteiger partial charge in [0.25, 0.3) is 0 Å². The van der Waals surface area contributed by atoms with E-state index in [9.17, 15) is 0 Å². The van der Waals surface area contributed by atoms with Crippen LogP contribution in [0.1, 0.15) is 38.4 Å². The molecule has 3 heteroatoms. The third-order valence-corrected chi connectivity index (χ3v) is 1.68. The van der Waals surface area contributed by atoms with Crippen molar-refractivity contribution in [3.05, 3.63) is 18.5 Å². The van der Waals surface area contributed by atoms with Gasteiger partial charge >= 0.3 is 0 Å². The molecule has 0 aliphatic carbocycles. The summed E-state index contributed by atoms with van der Waals surface area (Å²) >= 11 is 0. The summed E-state index contributed by atoms with van der Waals surface area (Å²) in [4.78, 5) is 11.9. The minimum atomic E-state index is 0.461. The van der Waals surface area contributed by atoms with Crippen LogP contribution >= 0.6 is 0 Å². The topological polar surface area (TPSA) is 38.7 Å². The van der Waals surface area contributed by atoms with Gasteiger partial charge in [-0.1, -0.05) is 20.3 Å². The summed E-state index contributed by atoms with van der Waals surface area (Å²) in [5.41, 5.74) is 0. The van der Waals surface area contributed by atoms with Gasteiger partial charge in [-0.25, -0.2) is 15.0 Å². The Hall–Kier alpha value is -0.990. The fourth-order valence-corrected chi connectivity index (χ4v) is 1.06. The second-order valence-corrected chi connectivity index (χ2v) is 2.69. The van der Waals surface area contributed by atoms with E-state index in [4.69, 9.17) is 0 Å². The molecule has 3 nitrogen and oxygen atoms in total. The predicted molar refractivity (Wildman–Crippen MR) is 43.2 cm³/mol. The lowest BCUT2D eigenvalue weighted by molar-refractivity contribution is 0.622. The van der Waals surface area contributed by atoms with Crippen molar-refractivity contribution in [3.63, 3.8) is 0 Å². The van der Waals surface area contributed by atoms with Gasteiger partial charge in [0.2, 0.25) is 0 Å². The highest BCUT2D eigenvalue weighted by molar-refractivity contribution is 4.90. The number of hydrogen-bond acceptors (Lipinski definition) is 3. The molecule has 0 spiro atoms. The lowest BCUT2D eigenvalue weighted by atomic mass is 10.1. The van der Waals surface area contributed by atoms with Crippen molar-refractivity contribution < 1.29 is 0 Å². The van der Waals surface area contributed by atoms with Crippen LogP contribution in [0.15, 0.2) is 12.7 Å². The Morgan fingerprint density at radius 3 is 2.55 bits per heavy atom. The maximum Gasteiger partial charge on any atom is 0.134 e. The van der Waals surface area contributed by atoms with E-state index in [-0.39, 0.29) is 0 Å². The van der Waals surface area contributed by atoms with Crippen LogP contribution in [0.2, 0.25) is 0 Å². The average Bonchev–Trinajstić information content (AvgIpc) is 2.07. The molecule has 11 heavy (non-hydrogen) atoms. The zero-order valence-corrected chi connectivity index (χ0v) is 6.99. The summed E-state index contributed by atoms with van der Waals surface area (Å²) in [6.07, 6.45) is 5.42. The molecule has 0 radical (unpaired) electrons. The van der Waals surface area contributed by atoms with E-state index in [2.05, 4.69) is 28.8 Å². The molecule has 60 valence electrons. The second-order valence-electron chi connectivity index (χ2n) is 2.69. The van der Waals surface area contributed by atoms with Gasteiger partial charge in [0, 0.05) is 5.92 Å². The first-order valence-corrected chi connectivity index (χ1v) is 3.96. The Kier molecular flexibility index (Phi) is 2.95. The normalized spacial score (nSPS) is 12.9. The predicted octanol–water partition coefficient (Wildman–Crippen LogP) is 1.78. The van der Waals surface area contributed by atoms with Gasteiger partial charge in [-0.15, -0.1) is 0 Å². The van der Waals surface area contributed by atoms with Crippen molar-refractivity contribution in [3.8, 4) is 0 Å². The highest BCUT2D eigenvalue weighted by Gasteiger charge is 2.05. The van der Waals surface area contributed by atoms with E-state index in [0.717, 1.165) is 12.2 Å². The quantitative estimate of drug-likeness (QED) is 0.661. The number of aromatic nitrogens is 3. The zero-order valence-electron chi connectivity index (χ0n) is 6.99. The highest BCUT2D eigenvalue weighted by atomic mass is 15.0. The Balaban J connectivity index is 2.61. The molecule has 0 fully saturated rings. The summed E-state index contributed by atoms with van der Waals surface area (Å²) in [7, 11) is 0. The molecule has 0 N–H and O–H groups in total. The van der Waals surface area contributed by atoms with Crippen molar-refractivity contribution in [2.75, 3.05) is 0 Å². The number of rotatable bonds is 3. The van der Waals surface area contributed by atoms with Crippen LogP contribution in [0.4, 0.5) is 0 Å². The van der Waals surface area contributed by atoms with Crippen LogP contribution in [0.5, 0.6) is 0 Å². The Labute approximate surface area is 66.9 Å². The van der Waals surface area contributed by atoms with Crippen molar-refractivity contribution >= 4 is 0 Å². The SMILES string of the molecule is CCCC(C)c1ncncn1. The van der Waals surface area contributed by atoms with Gasteiger partial charge in [-0.2, -0.15) is 0 Å². The van der Waals surface area contributed by atoms with E-state index < -0.39 is 0 Å². The molecular weight excluding hydrogens is 138 g/mol. The lowest BCUT2D eigenvalue weighted by Gasteiger charge is -2.05. The molecule has 1 rings (SSSR count). The Bertz CT molecular complexity index is 198. The number of hydrogen-bond donors (Lipinski definition) is 0. The molecule has 1 aromatic heterocycles. The monoisotopic (exact) mass is 151 g/mol. The van der Waals surface area contributed by atoms with Crippen LogP contribution in [-0.4, -0.2) is 15.0 Å². The number of nitrogens with zero attached hydrogens (tertiary/aromatic N) is 3. The van der Waals surface area contributed by atoms with E-state index in [1.165, 1.54) is 6.42 Å². The van der Waals surface area contributed by atoms with Crippen LogP contribution < -0.4 is 0 Å². The van der Waals surface area contributed by atoms with Crippen LogP contribution in [0, 0.1) is 0 Å². The average molecular weight is 151 g/mol. The summed E-state index contributed by atoms with van der Waals surface area (Å²) in [5.74, 6) is 1.37. The largest absolute Gasteiger partial charge is 0.225 e. The maximum atomic E-state index is 4.08. The van der Waals surface area contributed by atoms with Gasteiger partial charge in [0.15, 0.2) is 0 Å². The minimum absolute atomic E-state index is 0.461. The summed E-state index contributed by atoms with van der Waals surface area (Å²) in [6, 6.07) is 0. The molecule has 1 heterocycles. The Morgan fingerprint density at radius 1 is 1.36 bits per heavy atom. The molecule has 0 aliphatic rings. The first kappa shape index (κ1) is 8.11. The van der Waals surface area contributed by atoms with Gasteiger partial charge in [-0.3, -0.25) is 0 Å². The van der Waals surface area contributed by atoms with Gasteiger partial charge in [0.1, 0.15) is 18.5 Å². The second kappa shape index (κ2) is 4.01. The van der Waals surface area contributed by atoms with E-state index >= 15 is 0 Å². The van der Waals surface area contributed by atoms with Gasteiger partial charge in [0.05, 0.1) is 0 Å². The van der Waals surface area contributed by atoms with Crippen molar-refractivity contribution in [2.45, 2.75) is 32.6 Å². The molecule has 1 unspecified atom stereocenters. The molecule has 1 atom stereocenters. The van der Waals surface area contributed by atoms with Gasteiger partial charge in [-0.05, 0) is 6.42 Å². The zero-order chi connectivity index (χ0) is 8.10. The molecule has 0 bridgehead atoms. The standard InChI is InChI=1S/C8H13N3/c1-3-4-7(2)8-10-5-9-6-11-8/h5-7H,3-4H2,1-2H3. The van der Waals surface area contributed by atoms with Crippen molar-refractivity contribution in [2.24, 2.45) is 0 Å². The van der Waals surface area contributed by atoms with E-state index in [1.807, 2.05) is 0 Å². The summed E-state index contributed by atoms with van der Waals surface area (Å²) in [6.45, 7) is 4.30. The van der Waals surface area contributed by atoms with Crippen molar-refractivity contribution in [1.29, 1.82) is 0 Å². The minimum Gasteiger partial charge on any atom is -0.225 e. The smallest absolute Gasteiger partial charge is 0.134 e. The molecule has 0 saturated heterocycles. The molecule has 0 aliphatic heterocycles. The van der Waals surface area contributed by atoms with Crippen LogP contribution in [-0.2, 0) is 0 Å². The summed E-state index contributed by atoms with van der Waals surface area (Å²) in [5, 5.41) is 0. The van der Waals surface area contributed by atoms with E-state index in [1.54, 1.807) is 12.7 Å². The molecule has 0 saturated carbocycles. The third kappa shape index (κ3) is 2.26. The van der Waals surface area contributed by atoms with Crippen LogP contribution in [0.3, 0.4) is 0 Å². The molecule has 0 aromatic carbocycles. The first-order chi connectivity index (χ1) is 5.34. The third-order valence-electron chi connectivity index (χ3n) is 1.68. The van der Waals surface area contributed by atoms with Gasteiger partial charge < -0.3 is 0 Å². The fourth-order valence-electron chi connectivity index (χ4n) is 1.06. The fraction of sp³-hybridized carbons (Fsp3) is 0.625. The molecule has 1 aromatic rings. The molecular formula is C8H13N3. The maximum absolute atomic E-state index is 4.08. The van der Waals surface area contributed by atoms with Crippen LogP contribution in [0.25, 0.3) is 0 Å². The van der Waals surface area contributed by atoms with Crippen molar-refractivity contribution in [1.82, 2.24) is 15.0 Å². The van der Waals surface area contributed by atoms with E-state index in [0.29, 0.717) is 5.92 Å². The molecule has 0 amide bonds. The highest BCUT2D eigenvalue weighted by Crippen LogP contribution is 2.14. The Morgan fingerprint density at radius 2 is 2.00 bits per heavy atom. The summed E-state index contributed by atoms with van der Waals surface area (Å²) < 4.78 is 0. The lowest BCUT2D eigenvalue weighted by Crippen LogP contribution is -1.99.